The van der Waals surface area contributed by atoms with Crippen molar-refractivity contribution in [2.24, 2.45) is 0 Å². The molecule has 0 aliphatic heterocycles. The largest absolute Gasteiger partial charge is 0.301 e. The van der Waals surface area contributed by atoms with Crippen molar-refractivity contribution in [3.8, 4) is 0 Å². The molecule has 1 heterocycles. The highest BCUT2D eigenvalue weighted by molar-refractivity contribution is 7.99. The van der Waals surface area contributed by atoms with E-state index < -0.39 is 0 Å². The number of nitro groups is 1. The number of aryl methyl sites for hydroxylation is 1. The van der Waals surface area contributed by atoms with Gasteiger partial charge in [0.25, 0.3) is 0 Å². The highest BCUT2D eigenvalue weighted by Crippen LogP contribution is 2.26. The molecule has 0 N–H and O–H groups in total. The number of rotatable bonds is 6. The van der Waals surface area contributed by atoms with Crippen LogP contribution >= 0.6 is 11.8 Å². The average molecular weight is 274 g/mol. The molecule has 0 aliphatic carbocycles. The summed E-state index contributed by atoms with van der Waals surface area (Å²) in [4.78, 5) is 14.5. The first-order valence-corrected chi connectivity index (χ1v) is 7.02. The lowest BCUT2D eigenvalue weighted by Crippen LogP contribution is -1.94. The van der Waals surface area contributed by atoms with Crippen LogP contribution in [-0.4, -0.2) is 15.7 Å². The average Bonchev–Trinajstić information content (AvgIpc) is 2.45. The van der Waals surface area contributed by atoms with Crippen LogP contribution in [0.3, 0.4) is 0 Å². The van der Waals surface area contributed by atoms with Crippen LogP contribution in [0.1, 0.15) is 12.0 Å². The van der Waals surface area contributed by atoms with E-state index in [0.717, 1.165) is 18.6 Å². The quantitative estimate of drug-likeness (QED) is 0.349. The third-order valence-electron chi connectivity index (χ3n) is 2.64. The van der Waals surface area contributed by atoms with Gasteiger partial charge in [-0.05, 0) is 24.5 Å². The SMILES string of the molecule is O=[N+]([O-])c1cccnc1SCCCc1ccccc1. The second-order valence-electron chi connectivity index (χ2n) is 4.02. The van der Waals surface area contributed by atoms with Gasteiger partial charge in [-0.15, -0.1) is 0 Å². The third kappa shape index (κ3) is 4.06. The summed E-state index contributed by atoms with van der Waals surface area (Å²) < 4.78 is 0. The lowest BCUT2D eigenvalue weighted by Gasteiger charge is -2.02. The van der Waals surface area contributed by atoms with Gasteiger partial charge in [0, 0.05) is 18.0 Å². The predicted molar refractivity (Wildman–Crippen MR) is 76.4 cm³/mol. The second kappa shape index (κ2) is 6.89. The van der Waals surface area contributed by atoms with Gasteiger partial charge in [-0.1, -0.05) is 42.1 Å². The first-order chi connectivity index (χ1) is 9.27. The van der Waals surface area contributed by atoms with E-state index in [-0.39, 0.29) is 10.6 Å². The van der Waals surface area contributed by atoms with E-state index in [2.05, 4.69) is 17.1 Å². The Hall–Kier alpha value is -1.88. The van der Waals surface area contributed by atoms with Gasteiger partial charge in [-0.25, -0.2) is 4.98 Å². The summed E-state index contributed by atoms with van der Waals surface area (Å²) in [6, 6.07) is 13.3. The van der Waals surface area contributed by atoms with Crippen molar-refractivity contribution in [2.45, 2.75) is 17.9 Å². The first kappa shape index (κ1) is 13.5. The van der Waals surface area contributed by atoms with Crippen molar-refractivity contribution >= 4 is 17.4 Å². The van der Waals surface area contributed by atoms with Crippen LogP contribution in [0.25, 0.3) is 0 Å². The summed E-state index contributed by atoms with van der Waals surface area (Å²) in [5.41, 5.74) is 1.38. The fraction of sp³-hybridized carbons (Fsp3) is 0.214. The molecule has 0 bridgehead atoms. The predicted octanol–water partition coefficient (Wildman–Crippen LogP) is 3.71. The molecule has 19 heavy (non-hydrogen) atoms. The zero-order valence-corrected chi connectivity index (χ0v) is 11.2. The number of nitrogens with zero attached hydrogens (tertiary/aromatic N) is 2. The van der Waals surface area contributed by atoms with Gasteiger partial charge in [0.2, 0.25) is 0 Å². The van der Waals surface area contributed by atoms with Crippen LogP contribution in [0, 0.1) is 10.1 Å². The molecule has 0 spiro atoms. The molecule has 1 aromatic carbocycles. The lowest BCUT2D eigenvalue weighted by atomic mass is 10.1. The smallest absolute Gasteiger partial charge is 0.258 e. The van der Waals surface area contributed by atoms with Crippen LogP contribution in [0.15, 0.2) is 53.7 Å². The lowest BCUT2D eigenvalue weighted by molar-refractivity contribution is -0.388. The Morgan fingerprint density at radius 1 is 1.16 bits per heavy atom. The van der Waals surface area contributed by atoms with Crippen LogP contribution in [0.4, 0.5) is 5.69 Å². The van der Waals surface area contributed by atoms with E-state index in [1.165, 1.54) is 23.4 Å². The van der Waals surface area contributed by atoms with E-state index in [1.807, 2.05) is 18.2 Å². The zero-order chi connectivity index (χ0) is 13.5. The first-order valence-electron chi connectivity index (χ1n) is 6.03. The maximum absolute atomic E-state index is 10.8. The summed E-state index contributed by atoms with van der Waals surface area (Å²) >= 11 is 1.44. The van der Waals surface area contributed by atoms with Crippen molar-refractivity contribution < 1.29 is 4.92 Å². The Morgan fingerprint density at radius 3 is 2.68 bits per heavy atom. The summed E-state index contributed by atoms with van der Waals surface area (Å²) in [6.07, 6.45) is 3.55. The number of pyridine rings is 1. The molecule has 0 fully saturated rings. The van der Waals surface area contributed by atoms with Crippen molar-refractivity contribution in [2.75, 3.05) is 5.75 Å². The van der Waals surface area contributed by atoms with Crippen LogP contribution in [0.5, 0.6) is 0 Å². The number of hydrogen-bond donors (Lipinski definition) is 0. The second-order valence-corrected chi connectivity index (χ2v) is 5.11. The van der Waals surface area contributed by atoms with Gasteiger partial charge < -0.3 is 0 Å². The van der Waals surface area contributed by atoms with E-state index in [0.29, 0.717) is 5.03 Å². The summed E-state index contributed by atoms with van der Waals surface area (Å²) in [6.45, 7) is 0. The Bertz CT molecular complexity index is 546. The topological polar surface area (TPSA) is 56.0 Å². The molecule has 98 valence electrons. The molecule has 0 aliphatic rings. The number of thioether (sulfide) groups is 1. The van der Waals surface area contributed by atoms with Crippen molar-refractivity contribution in [1.29, 1.82) is 0 Å². The normalized spacial score (nSPS) is 10.3. The molecule has 4 nitrogen and oxygen atoms in total. The van der Waals surface area contributed by atoms with Gasteiger partial charge in [-0.3, -0.25) is 10.1 Å². The maximum Gasteiger partial charge on any atom is 0.301 e. The van der Waals surface area contributed by atoms with E-state index in [1.54, 1.807) is 12.3 Å². The molecule has 2 rings (SSSR count). The molecule has 0 atom stereocenters. The maximum atomic E-state index is 10.8. The fourth-order valence-corrected chi connectivity index (χ4v) is 2.63. The van der Waals surface area contributed by atoms with E-state index in [9.17, 15) is 10.1 Å². The Balaban J connectivity index is 1.85. The van der Waals surface area contributed by atoms with Gasteiger partial charge >= 0.3 is 5.69 Å². The van der Waals surface area contributed by atoms with Crippen LogP contribution in [-0.2, 0) is 6.42 Å². The molecule has 0 saturated carbocycles. The molecule has 1 aromatic heterocycles. The van der Waals surface area contributed by atoms with Gasteiger partial charge in [0.1, 0.15) is 0 Å². The molecular formula is C14H14N2O2S. The summed E-state index contributed by atoms with van der Waals surface area (Å²) in [7, 11) is 0. The van der Waals surface area contributed by atoms with Crippen molar-refractivity contribution in [3.63, 3.8) is 0 Å². The fourth-order valence-electron chi connectivity index (χ4n) is 1.72. The van der Waals surface area contributed by atoms with Gasteiger partial charge in [-0.2, -0.15) is 0 Å². The Labute approximate surface area is 116 Å². The minimum Gasteiger partial charge on any atom is -0.258 e. The molecule has 0 amide bonds. The summed E-state index contributed by atoms with van der Waals surface area (Å²) in [5.74, 6) is 0.826. The molecule has 0 radical (unpaired) electrons. The molecule has 5 heteroatoms. The van der Waals surface area contributed by atoms with Crippen molar-refractivity contribution in [1.82, 2.24) is 4.98 Å². The molecule has 0 unspecified atom stereocenters. The minimum atomic E-state index is -0.382. The zero-order valence-electron chi connectivity index (χ0n) is 10.4. The standard InChI is InChI=1S/C14H14N2O2S/c17-16(18)13-9-4-10-15-14(13)19-11-5-8-12-6-2-1-3-7-12/h1-4,6-7,9-10H,5,8,11H2. The van der Waals surface area contributed by atoms with Crippen LogP contribution in [0.2, 0.25) is 0 Å². The Morgan fingerprint density at radius 2 is 1.95 bits per heavy atom. The van der Waals surface area contributed by atoms with Crippen LogP contribution < -0.4 is 0 Å². The van der Waals surface area contributed by atoms with E-state index in [4.69, 9.17) is 0 Å². The number of aromatic nitrogens is 1. The monoisotopic (exact) mass is 274 g/mol. The van der Waals surface area contributed by atoms with E-state index >= 15 is 0 Å². The summed E-state index contributed by atoms with van der Waals surface area (Å²) in [5, 5.41) is 11.3. The van der Waals surface area contributed by atoms with Crippen molar-refractivity contribution in [3.05, 3.63) is 64.3 Å². The number of benzene rings is 1. The van der Waals surface area contributed by atoms with Gasteiger partial charge in [0.15, 0.2) is 5.03 Å². The minimum absolute atomic E-state index is 0.0900. The van der Waals surface area contributed by atoms with Gasteiger partial charge in [0.05, 0.1) is 4.92 Å². The number of hydrogen-bond acceptors (Lipinski definition) is 4. The third-order valence-corrected chi connectivity index (χ3v) is 3.72. The molecule has 2 aromatic rings. The highest BCUT2D eigenvalue weighted by atomic mass is 32.2. The Kier molecular flexibility index (Phi) is 4.92. The highest BCUT2D eigenvalue weighted by Gasteiger charge is 2.13. The molecular weight excluding hydrogens is 260 g/mol. The molecule has 0 saturated heterocycles.